The maximum atomic E-state index is 4.69. The van der Waals surface area contributed by atoms with E-state index in [0.29, 0.717) is 0 Å². The third-order valence-corrected chi connectivity index (χ3v) is 3.23. The molecular formula is C15H23N3. The van der Waals surface area contributed by atoms with Crippen molar-refractivity contribution < 1.29 is 0 Å². The molecule has 0 atom stereocenters. The second-order valence-corrected chi connectivity index (χ2v) is 4.99. The van der Waals surface area contributed by atoms with Gasteiger partial charge in [0.2, 0.25) is 0 Å². The Labute approximate surface area is 110 Å². The molecule has 1 aromatic heterocycles. The van der Waals surface area contributed by atoms with E-state index >= 15 is 0 Å². The minimum atomic E-state index is 0.737. The zero-order valence-electron chi connectivity index (χ0n) is 11.2. The lowest BCUT2D eigenvalue weighted by atomic mass is 10.3. The Bertz CT molecular complexity index is 385. The molecular weight excluding hydrogens is 222 g/mol. The molecule has 2 rings (SSSR count). The Hall–Kier alpha value is -1.35. The van der Waals surface area contributed by atoms with Crippen molar-refractivity contribution in [3.05, 3.63) is 36.5 Å². The molecule has 3 heteroatoms. The number of hydrogen-bond donors (Lipinski definition) is 1. The van der Waals surface area contributed by atoms with E-state index in [1.807, 2.05) is 6.08 Å². The number of aromatic nitrogens is 1. The van der Waals surface area contributed by atoms with Crippen LogP contribution in [0.15, 0.2) is 30.9 Å². The van der Waals surface area contributed by atoms with Crippen LogP contribution in [0.3, 0.4) is 0 Å². The molecule has 0 bridgehead atoms. The number of unbranched alkanes of at least 4 members (excludes halogenated alkanes) is 1. The van der Waals surface area contributed by atoms with Crippen LogP contribution >= 0.6 is 0 Å². The van der Waals surface area contributed by atoms with Crippen molar-refractivity contribution in [1.29, 1.82) is 0 Å². The summed E-state index contributed by atoms with van der Waals surface area (Å²) in [7, 11) is 2.10. The molecule has 18 heavy (non-hydrogen) atoms. The lowest BCUT2D eigenvalue weighted by Crippen LogP contribution is -2.21. The van der Waals surface area contributed by atoms with Crippen molar-refractivity contribution in [2.75, 3.05) is 18.5 Å². The summed E-state index contributed by atoms with van der Waals surface area (Å²) in [5.74, 6) is 1.06. The Morgan fingerprint density at radius 2 is 2.33 bits per heavy atom. The lowest BCUT2D eigenvalue weighted by molar-refractivity contribution is 0.672. The summed E-state index contributed by atoms with van der Waals surface area (Å²) < 4.78 is 0. The normalized spacial score (nSPS) is 14.5. The number of pyridine rings is 1. The Kier molecular flexibility index (Phi) is 4.76. The SMILES string of the molecule is C=CCCCN(C)c1cccc(CNC2CC2)n1. The zero-order chi connectivity index (χ0) is 12.8. The van der Waals surface area contributed by atoms with Gasteiger partial charge in [0.15, 0.2) is 0 Å². The van der Waals surface area contributed by atoms with Gasteiger partial charge in [0.05, 0.1) is 5.69 Å². The maximum absolute atomic E-state index is 4.69. The van der Waals surface area contributed by atoms with Crippen molar-refractivity contribution in [1.82, 2.24) is 10.3 Å². The summed E-state index contributed by atoms with van der Waals surface area (Å²) in [6, 6.07) is 7.00. The molecule has 1 N–H and O–H groups in total. The molecule has 0 unspecified atom stereocenters. The van der Waals surface area contributed by atoms with Crippen LogP contribution in [0.5, 0.6) is 0 Å². The first kappa shape index (κ1) is 13.1. The fourth-order valence-corrected chi connectivity index (χ4v) is 1.90. The molecule has 0 aliphatic heterocycles. The van der Waals surface area contributed by atoms with E-state index in [-0.39, 0.29) is 0 Å². The molecule has 1 saturated carbocycles. The summed E-state index contributed by atoms with van der Waals surface area (Å²) in [6.45, 7) is 5.66. The monoisotopic (exact) mass is 245 g/mol. The van der Waals surface area contributed by atoms with E-state index in [2.05, 4.69) is 47.0 Å². The van der Waals surface area contributed by atoms with Gasteiger partial charge < -0.3 is 10.2 Å². The van der Waals surface area contributed by atoms with Gasteiger partial charge in [-0.25, -0.2) is 4.98 Å². The molecule has 3 nitrogen and oxygen atoms in total. The highest BCUT2D eigenvalue weighted by Crippen LogP contribution is 2.19. The number of nitrogens with one attached hydrogen (secondary N) is 1. The molecule has 0 aromatic carbocycles. The summed E-state index contributed by atoms with van der Waals surface area (Å²) in [4.78, 5) is 6.90. The average molecular weight is 245 g/mol. The summed E-state index contributed by atoms with van der Waals surface area (Å²) >= 11 is 0. The summed E-state index contributed by atoms with van der Waals surface area (Å²) in [5.41, 5.74) is 1.13. The fraction of sp³-hybridized carbons (Fsp3) is 0.533. The minimum absolute atomic E-state index is 0.737. The van der Waals surface area contributed by atoms with Gasteiger partial charge in [-0.15, -0.1) is 6.58 Å². The second-order valence-electron chi connectivity index (χ2n) is 4.99. The van der Waals surface area contributed by atoms with Crippen LogP contribution in [0, 0.1) is 0 Å². The van der Waals surface area contributed by atoms with Crippen molar-refractivity contribution in [2.24, 2.45) is 0 Å². The fourth-order valence-electron chi connectivity index (χ4n) is 1.90. The molecule has 98 valence electrons. The predicted octanol–water partition coefficient (Wildman–Crippen LogP) is 2.74. The molecule has 0 amide bonds. The van der Waals surface area contributed by atoms with Gasteiger partial charge in [-0.2, -0.15) is 0 Å². The summed E-state index contributed by atoms with van der Waals surface area (Å²) in [5, 5.41) is 3.50. The number of hydrogen-bond acceptors (Lipinski definition) is 3. The Morgan fingerprint density at radius 3 is 3.06 bits per heavy atom. The van der Waals surface area contributed by atoms with Crippen LogP contribution in [-0.4, -0.2) is 24.6 Å². The van der Waals surface area contributed by atoms with Crippen molar-refractivity contribution in [3.63, 3.8) is 0 Å². The van der Waals surface area contributed by atoms with Gasteiger partial charge in [-0.05, 0) is 37.8 Å². The van der Waals surface area contributed by atoms with E-state index < -0.39 is 0 Å². The van der Waals surface area contributed by atoms with Crippen LogP contribution in [0.25, 0.3) is 0 Å². The number of allylic oxidation sites excluding steroid dienone is 1. The van der Waals surface area contributed by atoms with Gasteiger partial charge >= 0.3 is 0 Å². The molecule has 1 aliphatic rings. The van der Waals surface area contributed by atoms with Crippen molar-refractivity contribution in [2.45, 2.75) is 38.3 Å². The number of nitrogens with zero attached hydrogens (tertiary/aromatic N) is 2. The van der Waals surface area contributed by atoms with Gasteiger partial charge in [0.1, 0.15) is 5.82 Å². The summed E-state index contributed by atoms with van der Waals surface area (Å²) in [6.07, 6.45) is 6.80. The first-order chi connectivity index (χ1) is 8.79. The van der Waals surface area contributed by atoms with Crippen molar-refractivity contribution in [3.8, 4) is 0 Å². The minimum Gasteiger partial charge on any atom is -0.360 e. The van der Waals surface area contributed by atoms with Crippen LogP contribution in [0.4, 0.5) is 5.82 Å². The van der Waals surface area contributed by atoms with Gasteiger partial charge in [0, 0.05) is 26.2 Å². The van der Waals surface area contributed by atoms with E-state index in [9.17, 15) is 0 Å². The molecule has 1 heterocycles. The maximum Gasteiger partial charge on any atom is 0.128 e. The van der Waals surface area contributed by atoms with Gasteiger partial charge in [-0.1, -0.05) is 12.1 Å². The standard InChI is InChI=1S/C15H23N3/c1-3-4-5-11-18(2)15-8-6-7-14(17-15)12-16-13-9-10-13/h3,6-8,13,16H,1,4-5,9-12H2,2H3. The number of anilines is 1. The Balaban J connectivity index is 1.85. The number of rotatable bonds is 8. The largest absolute Gasteiger partial charge is 0.360 e. The smallest absolute Gasteiger partial charge is 0.128 e. The average Bonchev–Trinajstić information content (AvgIpc) is 3.21. The predicted molar refractivity (Wildman–Crippen MR) is 76.8 cm³/mol. The van der Waals surface area contributed by atoms with E-state index in [4.69, 9.17) is 0 Å². The van der Waals surface area contributed by atoms with Crippen LogP contribution in [0.1, 0.15) is 31.4 Å². The molecule has 1 aromatic rings. The molecule has 0 saturated heterocycles. The first-order valence-electron chi connectivity index (χ1n) is 6.81. The van der Waals surface area contributed by atoms with Crippen LogP contribution < -0.4 is 10.2 Å². The van der Waals surface area contributed by atoms with Crippen LogP contribution in [-0.2, 0) is 6.54 Å². The topological polar surface area (TPSA) is 28.2 Å². The third kappa shape index (κ3) is 4.15. The third-order valence-electron chi connectivity index (χ3n) is 3.23. The highest BCUT2D eigenvalue weighted by molar-refractivity contribution is 5.38. The first-order valence-corrected chi connectivity index (χ1v) is 6.81. The molecule has 1 fully saturated rings. The lowest BCUT2D eigenvalue weighted by Gasteiger charge is -2.18. The van der Waals surface area contributed by atoms with E-state index in [1.54, 1.807) is 0 Å². The van der Waals surface area contributed by atoms with E-state index in [0.717, 1.165) is 43.5 Å². The highest BCUT2D eigenvalue weighted by atomic mass is 15.2. The van der Waals surface area contributed by atoms with Gasteiger partial charge in [-0.3, -0.25) is 0 Å². The van der Waals surface area contributed by atoms with Crippen LogP contribution in [0.2, 0.25) is 0 Å². The molecule has 0 radical (unpaired) electrons. The highest BCUT2D eigenvalue weighted by Gasteiger charge is 2.20. The zero-order valence-corrected chi connectivity index (χ0v) is 11.2. The van der Waals surface area contributed by atoms with Crippen molar-refractivity contribution >= 4 is 5.82 Å². The second kappa shape index (κ2) is 6.55. The molecule has 1 aliphatic carbocycles. The Morgan fingerprint density at radius 1 is 1.50 bits per heavy atom. The van der Waals surface area contributed by atoms with Gasteiger partial charge in [0.25, 0.3) is 0 Å². The van der Waals surface area contributed by atoms with E-state index in [1.165, 1.54) is 12.8 Å². The molecule has 0 spiro atoms. The quantitative estimate of drug-likeness (QED) is 0.564.